The van der Waals surface area contributed by atoms with Crippen molar-refractivity contribution in [2.45, 2.75) is 26.3 Å². The standard InChI is InChI=1S/C15H26N6O2/c1-12(9-20-6-4-5-7-20)8-16-15(23)13-10-21(18-17-13)11-14(22)19(2)3/h10,12H,4-9,11H2,1-3H3,(H,16,23)/t12-/m0/s1. The molecule has 0 aromatic carbocycles. The smallest absolute Gasteiger partial charge is 0.273 e. The molecule has 2 rings (SSSR count). The molecule has 1 N–H and O–H groups in total. The normalized spacial score (nSPS) is 16.3. The number of hydrogen-bond donors (Lipinski definition) is 1. The number of carbonyl (C=O) groups is 2. The number of likely N-dealkylation sites (N-methyl/N-ethyl adjacent to an activating group) is 1. The molecular weight excluding hydrogens is 296 g/mol. The van der Waals surface area contributed by atoms with Crippen LogP contribution >= 0.6 is 0 Å². The summed E-state index contributed by atoms with van der Waals surface area (Å²) in [6, 6.07) is 0. The monoisotopic (exact) mass is 322 g/mol. The second-order valence-electron chi connectivity index (χ2n) is 6.41. The van der Waals surface area contributed by atoms with Crippen LogP contribution in [0.15, 0.2) is 6.20 Å². The highest BCUT2D eigenvalue weighted by atomic mass is 16.2. The molecule has 1 saturated heterocycles. The number of nitrogens with zero attached hydrogens (tertiary/aromatic N) is 5. The van der Waals surface area contributed by atoms with Crippen molar-refractivity contribution < 1.29 is 9.59 Å². The Morgan fingerprint density at radius 1 is 1.35 bits per heavy atom. The summed E-state index contributed by atoms with van der Waals surface area (Å²) >= 11 is 0. The van der Waals surface area contributed by atoms with Crippen LogP contribution in [0.1, 0.15) is 30.3 Å². The van der Waals surface area contributed by atoms with E-state index in [0.717, 1.165) is 19.6 Å². The summed E-state index contributed by atoms with van der Waals surface area (Å²) in [7, 11) is 3.35. The molecular formula is C15H26N6O2. The van der Waals surface area contributed by atoms with Gasteiger partial charge in [-0.15, -0.1) is 5.10 Å². The SMILES string of the molecule is C[C@@H](CNC(=O)c1cn(CC(=O)N(C)C)nn1)CN1CCCC1. The largest absolute Gasteiger partial charge is 0.350 e. The molecule has 23 heavy (non-hydrogen) atoms. The van der Waals surface area contributed by atoms with E-state index in [-0.39, 0.29) is 24.1 Å². The molecule has 1 aliphatic heterocycles. The van der Waals surface area contributed by atoms with E-state index in [4.69, 9.17) is 0 Å². The van der Waals surface area contributed by atoms with Crippen molar-refractivity contribution in [2.75, 3.05) is 40.3 Å². The van der Waals surface area contributed by atoms with Crippen molar-refractivity contribution >= 4 is 11.8 Å². The maximum Gasteiger partial charge on any atom is 0.273 e. The Labute approximate surface area is 136 Å². The van der Waals surface area contributed by atoms with E-state index in [1.165, 1.54) is 28.6 Å². The van der Waals surface area contributed by atoms with E-state index in [9.17, 15) is 9.59 Å². The van der Waals surface area contributed by atoms with Gasteiger partial charge in [-0.2, -0.15) is 0 Å². The van der Waals surface area contributed by atoms with Gasteiger partial charge >= 0.3 is 0 Å². The first-order chi connectivity index (χ1) is 11.0. The molecule has 2 heterocycles. The highest BCUT2D eigenvalue weighted by Gasteiger charge is 2.17. The highest BCUT2D eigenvalue weighted by molar-refractivity contribution is 5.91. The summed E-state index contributed by atoms with van der Waals surface area (Å²) < 4.78 is 1.38. The van der Waals surface area contributed by atoms with Crippen molar-refractivity contribution in [3.63, 3.8) is 0 Å². The van der Waals surface area contributed by atoms with Gasteiger partial charge < -0.3 is 15.1 Å². The van der Waals surface area contributed by atoms with E-state index in [1.807, 2.05) is 0 Å². The van der Waals surface area contributed by atoms with Crippen LogP contribution in [0.2, 0.25) is 0 Å². The number of aromatic nitrogens is 3. The van der Waals surface area contributed by atoms with Crippen molar-refractivity contribution in [2.24, 2.45) is 5.92 Å². The summed E-state index contributed by atoms with van der Waals surface area (Å²) in [5, 5.41) is 10.5. The molecule has 8 heteroatoms. The lowest BCUT2D eigenvalue weighted by Gasteiger charge is -2.20. The van der Waals surface area contributed by atoms with E-state index < -0.39 is 0 Å². The van der Waals surface area contributed by atoms with Crippen LogP contribution in [-0.4, -0.2) is 76.9 Å². The molecule has 1 aromatic rings. The summed E-state index contributed by atoms with van der Waals surface area (Å²) in [4.78, 5) is 27.6. The Morgan fingerprint density at radius 3 is 2.70 bits per heavy atom. The molecule has 1 fully saturated rings. The molecule has 2 amide bonds. The van der Waals surface area contributed by atoms with E-state index in [2.05, 4.69) is 27.5 Å². The number of rotatable bonds is 7. The summed E-state index contributed by atoms with van der Waals surface area (Å²) in [6.45, 7) is 6.14. The van der Waals surface area contributed by atoms with Crippen LogP contribution < -0.4 is 5.32 Å². The third-order valence-electron chi connectivity index (χ3n) is 3.95. The molecule has 0 saturated carbocycles. The second-order valence-corrected chi connectivity index (χ2v) is 6.41. The lowest BCUT2D eigenvalue weighted by molar-refractivity contribution is -0.129. The third kappa shape index (κ3) is 5.31. The maximum absolute atomic E-state index is 12.1. The van der Waals surface area contributed by atoms with Crippen LogP contribution in [0.5, 0.6) is 0 Å². The van der Waals surface area contributed by atoms with Gasteiger partial charge in [0.2, 0.25) is 5.91 Å². The van der Waals surface area contributed by atoms with E-state index in [0.29, 0.717) is 12.5 Å². The van der Waals surface area contributed by atoms with Gasteiger partial charge in [0.25, 0.3) is 5.91 Å². The zero-order valence-corrected chi connectivity index (χ0v) is 14.2. The molecule has 1 aliphatic rings. The number of hydrogen-bond acceptors (Lipinski definition) is 5. The predicted molar refractivity (Wildman–Crippen MR) is 85.9 cm³/mol. The summed E-state index contributed by atoms with van der Waals surface area (Å²) in [5.74, 6) is 0.0466. The molecule has 0 spiro atoms. The predicted octanol–water partition coefficient (Wildman–Crippen LogP) is -0.172. The van der Waals surface area contributed by atoms with Crippen LogP contribution in [0.4, 0.5) is 0 Å². The summed E-state index contributed by atoms with van der Waals surface area (Å²) in [5.41, 5.74) is 0.241. The van der Waals surface area contributed by atoms with Gasteiger partial charge in [-0.05, 0) is 31.8 Å². The van der Waals surface area contributed by atoms with Gasteiger partial charge in [0, 0.05) is 27.2 Å². The lowest BCUT2D eigenvalue weighted by Crippen LogP contribution is -2.34. The zero-order chi connectivity index (χ0) is 16.8. The average molecular weight is 322 g/mol. The van der Waals surface area contributed by atoms with Gasteiger partial charge in [0.1, 0.15) is 6.54 Å². The van der Waals surface area contributed by atoms with Gasteiger partial charge in [-0.3, -0.25) is 9.59 Å². The maximum atomic E-state index is 12.1. The van der Waals surface area contributed by atoms with Crippen LogP contribution in [0, 0.1) is 5.92 Å². The number of nitrogens with one attached hydrogen (secondary N) is 1. The van der Waals surface area contributed by atoms with E-state index >= 15 is 0 Å². The van der Waals surface area contributed by atoms with Crippen LogP contribution in [0.25, 0.3) is 0 Å². The average Bonchev–Trinajstić information content (AvgIpc) is 3.16. The number of likely N-dealkylation sites (tertiary alicyclic amines) is 1. The fourth-order valence-electron chi connectivity index (χ4n) is 2.59. The van der Waals surface area contributed by atoms with Crippen LogP contribution in [0.3, 0.4) is 0 Å². The van der Waals surface area contributed by atoms with Gasteiger partial charge in [0.05, 0.1) is 6.20 Å². The molecule has 128 valence electrons. The van der Waals surface area contributed by atoms with Gasteiger partial charge in [-0.25, -0.2) is 4.68 Å². The molecule has 0 unspecified atom stereocenters. The number of amides is 2. The van der Waals surface area contributed by atoms with Crippen molar-refractivity contribution in [1.82, 2.24) is 30.1 Å². The lowest BCUT2D eigenvalue weighted by atomic mass is 10.1. The molecule has 0 radical (unpaired) electrons. The van der Waals surface area contributed by atoms with Gasteiger partial charge in [0.15, 0.2) is 5.69 Å². The molecule has 1 atom stereocenters. The first kappa shape index (κ1) is 17.4. The Balaban J connectivity index is 1.76. The van der Waals surface area contributed by atoms with Crippen molar-refractivity contribution in [3.8, 4) is 0 Å². The fraction of sp³-hybridized carbons (Fsp3) is 0.733. The minimum Gasteiger partial charge on any atom is -0.350 e. The summed E-state index contributed by atoms with van der Waals surface area (Å²) in [6.07, 6.45) is 4.05. The van der Waals surface area contributed by atoms with Crippen molar-refractivity contribution in [1.29, 1.82) is 0 Å². The minimum atomic E-state index is -0.248. The topological polar surface area (TPSA) is 83.4 Å². The first-order valence-corrected chi connectivity index (χ1v) is 8.06. The second kappa shape index (κ2) is 8.05. The molecule has 0 bridgehead atoms. The third-order valence-corrected chi connectivity index (χ3v) is 3.95. The highest BCUT2D eigenvalue weighted by Crippen LogP contribution is 2.09. The molecule has 0 aliphatic carbocycles. The zero-order valence-electron chi connectivity index (χ0n) is 14.2. The Morgan fingerprint density at radius 2 is 2.04 bits per heavy atom. The fourth-order valence-corrected chi connectivity index (χ4v) is 2.59. The van der Waals surface area contributed by atoms with Crippen molar-refractivity contribution in [3.05, 3.63) is 11.9 Å². The van der Waals surface area contributed by atoms with Crippen LogP contribution in [-0.2, 0) is 11.3 Å². The van der Waals surface area contributed by atoms with Gasteiger partial charge in [-0.1, -0.05) is 12.1 Å². The van der Waals surface area contributed by atoms with E-state index in [1.54, 1.807) is 14.1 Å². The number of carbonyl (C=O) groups excluding carboxylic acids is 2. The minimum absolute atomic E-state index is 0.0820. The molecule has 1 aromatic heterocycles. The Hall–Kier alpha value is -1.96. The quantitative estimate of drug-likeness (QED) is 0.753. The first-order valence-electron chi connectivity index (χ1n) is 8.06. The Kier molecular flexibility index (Phi) is 6.09. The molecule has 8 nitrogen and oxygen atoms in total. The Bertz CT molecular complexity index is 536.